The van der Waals surface area contributed by atoms with E-state index in [1.807, 2.05) is 19.1 Å². The second-order valence-electron chi connectivity index (χ2n) is 5.63. The van der Waals surface area contributed by atoms with Crippen molar-refractivity contribution in [2.75, 3.05) is 19.7 Å². The van der Waals surface area contributed by atoms with Crippen molar-refractivity contribution in [3.63, 3.8) is 0 Å². The van der Waals surface area contributed by atoms with Crippen LogP contribution in [-0.2, 0) is 0 Å². The summed E-state index contributed by atoms with van der Waals surface area (Å²) < 4.78 is 5.80. The quantitative estimate of drug-likeness (QED) is 0.856. The largest absolute Gasteiger partial charge is 0.465 e. The maximum Gasteiger partial charge on any atom is 0.122 e. The third-order valence-electron chi connectivity index (χ3n) is 4.23. The Morgan fingerprint density at radius 3 is 2.58 bits per heavy atom. The standard InChI is InChI=1S/C15H26N2O2/c1-3-13(16)15(14-5-4-11(2)19-14)17-8-6-12(10-18)7-9-17/h4-5,12-13,15,18H,3,6-10,16H2,1-2H3. The Balaban J connectivity index is 2.10. The van der Waals surface area contributed by atoms with Crippen LogP contribution in [0.15, 0.2) is 16.5 Å². The van der Waals surface area contributed by atoms with E-state index < -0.39 is 0 Å². The maximum absolute atomic E-state index is 9.23. The Labute approximate surface area is 115 Å². The zero-order valence-electron chi connectivity index (χ0n) is 12.0. The third kappa shape index (κ3) is 3.38. The molecule has 2 unspecified atom stereocenters. The summed E-state index contributed by atoms with van der Waals surface area (Å²) in [5, 5.41) is 9.23. The maximum atomic E-state index is 9.23. The summed E-state index contributed by atoms with van der Waals surface area (Å²) in [7, 11) is 0. The highest BCUT2D eigenvalue weighted by Gasteiger charge is 2.31. The predicted molar refractivity (Wildman–Crippen MR) is 75.8 cm³/mol. The molecule has 3 N–H and O–H groups in total. The van der Waals surface area contributed by atoms with E-state index in [-0.39, 0.29) is 12.1 Å². The van der Waals surface area contributed by atoms with Crippen LogP contribution in [0.2, 0.25) is 0 Å². The van der Waals surface area contributed by atoms with Crippen molar-refractivity contribution < 1.29 is 9.52 Å². The fourth-order valence-electron chi connectivity index (χ4n) is 2.91. The molecule has 2 rings (SSSR count). The van der Waals surface area contributed by atoms with Crippen LogP contribution in [0.5, 0.6) is 0 Å². The van der Waals surface area contributed by atoms with Crippen LogP contribution in [0, 0.1) is 12.8 Å². The first-order valence-electron chi connectivity index (χ1n) is 7.32. The van der Waals surface area contributed by atoms with Gasteiger partial charge in [0.2, 0.25) is 0 Å². The number of aryl methyl sites for hydroxylation is 1. The number of likely N-dealkylation sites (tertiary alicyclic amines) is 1. The molecule has 2 atom stereocenters. The monoisotopic (exact) mass is 266 g/mol. The summed E-state index contributed by atoms with van der Waals surface area (Å²) in [5.41, 5.74) is 6.31. The highest BCUT2D eigenvalue weighted by molar-refractivity contribution is 5.12. The van der Waals surface area contributed by atoms with Gasteiger partial charge in [0, 0.05) is 12.6 Å². The molecule has 108 valence electrons. The molecule has 0 saturated carbocycles. The second-order valence-corrected chi connectivity index (χ2v) is 5.63. The summed E-state index contributed by atoms with van der Waals surface area (Å²) in [6.07, 6.45) is 3.02. The van der Waals surface area contributed by atoms with E-state index in [1.165, 1.54) is 0 Å². The molecule has 1 fully saturated rings. The van der Waals surface area contributed by atoms with Gasteiger partial charge in [-0.3, -0.25) is 4.90 Å². The van der Waals surface area contributed by atoms with Crippen LogP contribution >= 0.6 is 0 Å². The molecule has 0 spiro atoms. The van der Waals surface area contributed by atoms with Gasteiger partial charge >= 0.3 is 0 Å². The molecular formula is C15H26N2O2. The van der Waals surface area contributed by atoms with Gasteiger partial charge in [-0.25, -0.2) is 0 Å². The smallest absolute Gasteiger partial charge is 0.122 e. The Hall–Kier alpha value is -0.840. The van der Waals surface area contributed by atoms with Gasteiger partial charge < -0.3 is 15.3 Å². The fourth-order valence-corrected chi connectivity index (χ4v) is 2.91. The molecule has 0 bridgehead atoms. The Bertz CT molecular complexity index is 383. The molecule has 0 radical (unpaired) electrons. The Kier molecular flexibility index (Phi) is 5.02. The van der Waals surface area contributed by atoms with E-state index >= 15 is 0 Å². The van der Waals surface area contributed by atoms with Crippen molar-refractivity contribution >= 4 is 0 Å². The topological polar surface area (TPSA) is 62.6 Å². The number of piperidine rings is 1. The van der Waals surface area contributed by atoms with Crippen LogP contribution < -0.4 is 5.73 Å². The average molecular weight is 266 g/mol. The van der Waals surface area contributed by atoms with Crippen molar-refractivity contribution in [3.8, 4) is 0 Å². The molecule has 1 aliphatic heterocycles. The van der Waals surface area contributed by atoms with Crippen LogP contribution in [0.25, 0.3) is 0 Å². The predicted octanol–water partition coefficient (Wildman–Crippen LogP) is 2.07. The second kappa shape index (κ2) is 6.55. The molecule has 1 aliphatic rings. The van der Waals surface area contributed by atoms with E-state index in [2.05, 4.69) is 11.8 Å². The number of nitrogens with zero attached hydrogens (tertiary/aromatic N) is 1. The van der Waals surface area contributed by atoms with E-state index in [0.29, 0.717) is 12.5 Å². The molecule has 1 saturated heterocycles. The van der Waals surface area contributed by atoms with Crippen molar-refractivity contribution in [1.82, 2.24) is 4.90 Å². The summed E-state index contributed by atoms with van der Waals surface area (Å²) in [6, 6.07) is 4.31. The van der Waals surface area contributed by atoms with E-state index in [4.69, 9.17) is 10.2 Å². The van der Waals surface area contributed by atoms with E-state index in [0.717, 1.165) is 43.9 Å². The number of aliphatic hydroxyl groups excluding tert-OH is 1. The fraction of sp³-hybridized carbons (Fsp3) is 0.733. The summed E-state index contributed by atoms with van der Waals surface area (Å²) >= 11 is 0. The van der Waals surface area contributed by atoms with Gasteiger partial charge in [0.05, 0.1) is 6.04 Å². The molecule has 0 amide bonds. The normalized spacial score (nSPS) is 21.5. The number of hydrogen-bond acceptors (Lipinski definition) is 4. The van der Waals surface area contributed by atoms with Gasteiger partial charge in [0.25, 0.3) is 0 Å². The van der Waals surface area contributed by atoms with Gasteiger partial charge in [-0.1, -0.05) is 6.92 Å². The minimum atomic E-state index is 0.0937. The minimum absolute atomic E-state index is 0.0937. The number of aliphatic hydroxyl groups is 1. The van der Waals surface area contributed by atoms with Crippen LogP contribution in [-0.4, -0.2) is 35.7 Å². The number of furan rings is 1. The molecule has 0 aromatic carbocycles. The summed E-state index contributed by atoms with van der Waals surface area (Å²) in [6.45, 7) is 6.37. The number of rotatable bonds is 5. The van der Waals surface area contributed by atoms with Crippen LogP contribution in [0.3, 0.4) is 0 Å². The van der Waals surface area contributed by atoms with Gasteiger partial charge in [0.15, 0.2) is 0 Å². The first kappa shape index (κ1) is 14.6. The van der Waals surface area contributed by atoms with Gasteiger partial charge in [-0.15, -0.1) is 0 Å². The molecule has 0 aliphatic carbocycles. The zero-order valence-corrected chi connectivity index (χ0v) is 12.0. The molecule has 2 heterocycles. The molecule has 1 aromatic heterocycles. The van der Waals surface area contributed by atoms with Gasteiger partial charge in [-0.2, -0.15) is 0 Å². The van der Waals surface area contributed by atoms with E-state index in [9.17, 15) is 5.11 Å². The number of hydrogen-bond donors (Lipinski definition) is 2. The lowest BCUT2D eigenvalue weighted by Gasteiger charge is -2.38. The Morgan fingerprint density at radius 2 is 2.11 bits per heavy atom. The third-order valence-corrected chi connectivity index (χ3v) is 4.23. The molecule has 1 aromatic rings. The van der Waals surface area contributed by atoms with Crippen molar-refractivity contribution in [2.24, 2.45) is 11.7 Å². The molecule has 4 nitrogen and oxygen atoms in total. The molecule has 19 heavy (non-hydrogen) atoms. The molecule has 4 heteroatoms. The first-order chi connectivity index (χ1) is 9.15. The van der Waals surface area contributed by atoms with Crippen molar-refractivity contribution in [2.45, 2.75) is 45.2 Å². The Morgan fingerprint density at radius 1 is 1.42 bits per heavy atom. The van der Waals surface area contributed by atoms with Crippen LogP contribution in [0.4, 0.5) is 0 Å². The SMILES string of the molecule is CCC(N)C(c1ccc(C)o1)N1CCC(CO)CC1. The average Bonchev–Trinajstić information content (AvgIpc) is 2.86. The van der Waals surface area contributed by atoms with Crippen molar-refractivity contribution in [3.05, 3.63) is 23.7 Å². The lowest BCUT2D eigenvalue weighted by Crippen LogP contribution is -2.44. The lowest BCUT2D eigenvalue weighted by atomic mass is 9.93. The first-order valence-corrected chi connectivity index (χ1v) is 7.32. The highest BCUT2D eigenvalue weighted by atomic mass is 16.3. The minimum Gasteiger partial charge on any atom is -0.465 e. The summed E-state index contributed by atoms with van der Waals surface area (Å²) in [5.74, 6) is 2.37. The lowest BCUT2D eigenvalue weighted by molar-refractivity contribution is 0.0784. The highest BCUT2D eigenvalue weighted by Crippen LogP contribution is 2.30. The zero-order chi connectivity index (χ0) is 13.8. The van der Waals surface area contributed by atoms with Gasteiger partial charge in [-0.05, 0) is 57.3 Å². The summed E-state index contributed by atoms with van der Waals surface area (Å²) in [4.78, 5) is 2.42. The number of nitrogens with two attached hydrogens (primary N) is 1. The van der Waals surface area contributed by atoms with Gasteiger partial charge in [0.1, 0.15) is 11.5 Å². The van der Waals surface area contributed by atoms with Crippen LogP contribution in [0.1, 0.15) is 43.7 Å². The van der Waals surface area contributed by atoms with E-state index in [1.54, 1.807) is 0 Å². The van der Waals surface area contributed by atoms with Crippen molar-refractivity contribution in [1.29, 1.82) is 0 Å². The molecular weight excluding hydrogens is 240 g/mol.